The van der Waals surface area contributed by atoms with Crippen LogP contribution in [0.2, 0.25) is 0 Å². The summed E-state index contributed by atoms with van der Waals surface area (Å²) >= 11 is 0. The van der Waals surface area contributed by atoms with E-state index < -0.39 is 5.60 Å². The van der Waals surface area contributed by atoms with Gasteiger partial charge in [-0.15, -0.1) is 0 Å². The topological polar surface area (TPSA) is 71.0 Å². The molecule has 0 spiro atoms. The lowest BCUT2D eigenvalue weighted by Gasteiger charge is -2.38. The second-order valence-corrected chi connectivity index (χ2v) is 8.58. The van der Waals surface area contributed by atoms with Crippen LogP contribution in [0.15, 0.2) is 30.6 Å². The first-order valence-corrected chi connectivity index (χ1v) is 11.0. The highest BCUT2D eigenvalue weighted by Gasteiger charge is 2.33. The Morgan fingerprint density at radius 1 is 1.03 bits per heavy atom. The molecule has 30 heavy (non-hydrogen) atoms. The van der Waals surface area contributed by atoms with Crippen molar-refractivity contribution in [3.8, 4) is 5.75 Å². The van der Waals surface area contributed by atoms with Crippen molar-refractivity contribution in [2.45, 2.75) is 37.8 Å². The minimum Gasteiger partial charge on any atom is -0.493 e. The molecule has 5 rings (SSSR count). The lowest BCUT2D eigenvalue weighted by molar-refractivity contribution is -0.0682. The minimum atomic E-state index is -0.857. The molecule has 0 aliphatic carbocycles. The number of nitrogens with zero attached hydrogens (tertiary/aromatic N) is 4. The predicted molar refractivity (Wildman–Crippen MR) is 114 cm³/mol. The molecule has 0 saturated carbocycles. The Hall–Kier alpha value is -2.22. The highest BCUT2D eigenvalue weighted by atomic mass is 16.5. The smallest absolute Gasteiger partial charge is 0.225 e. The van der Waals surface area contributed by atoms with Crippen LogP contribution in [0.5, 0.6) is 5.75 Å². The van der Waals surface area contributed by atoms with Gasteiger partial charge in [-0.2, -0.15) is 0 Å². The molecule has 2 aromatic rings. The Kier molecular flexibility index (Phi) is 5.35. The van der Waals surface area contributed by atoms with Crippen molar-refractivity contribution in [2.75, 3.05) is 50.9 Å². The number of hydrogen-bond donors (Lipinski definition) is 1. The molecule has 1 N–H and O–H groups in total. The Bertz CT molecular complexity index is 875. The predicted octanol–water partition coefficient (Wildman–Crippen LogP) is 2.29. The fraction of sp³-hybridized carbons (Fsp3) is 0.565. The van der Waals surface area contributed by atoms with Crippen molar-refractivity contribution in [3.05, 3.63) is 47.3 Å². The summed E-state index contributed by atoms with van der Waals surface area (Å²) in [6.07, 6.45) is 5.78. The van der Waals surface area contributed by atoms with Crippen LogP contribution < -0.4 is 9.64 Å². The molecule has 2 saturated heterocycles. The number of hydrogen-bond acceptors (Lipinski definition) is 7. The van der Waals surface area contributed by atoms with E-state index in [2.05, 4.69) is 44.9 Å². The molecule has 3 aliphatic rings. The Morgan fingerprint density at radius 2 is 1.77 bits per heavy atom. The molecule has 0 amide bonds. The molecule has 1 unspecified atom stereocenters. The molecule has 3 aliphatic heterocycles. The third kappa shape index (κ3) is 3.77. The second kappa shape index (κ2) is 8.13. The average Bonchev–Trinajstić information content (AvgIpc) is 3.27. The summed E-state index contributed by atoms with van der Waals surface area (Å²) in [7, 11) is 0. The monoisotopic (exact) mass is 410 g/mol. The van der Waals surface area contributed by atoms with Gasteiger partial charge >= 0.3 is 0 Å². The van der Waals surface area contributed by atoms with Crippen LogP contribution in [-0.4, -0.2) is 66.0 Å². The third-order valence-corrected chi connectivity index (χ3v) is 6.84. The Labute approximate surface area is 177 Å². The molecule has 1 atom stereocenters. The van der Waals surface area contributed by atoms with E-state index in [4.69, 9.17) is 9.47 Å². The quantitative estimate of drug-likeness (QED) is 0.829. The van der Waals surface area contributed by atoms with Gasteiger partial charge in [-0.25, -0.2) is 9.97 Å². The molecule has 160 valence electrons. The maximum absolute atomic E-state index is 10.8. The van der Waals surface area contributed by atoms with Gasteiger partial charge in [0.25, 0.3) is 0 Å². The SMILES string of the molecule is CC(c1ccc2c(c1)OCC2)N1CCN(c2ncc(C3(O)CCOCC3)cn2)CC1. The molecule has 1 aromatic heterocycles. The zero-order chi connectivity index (χ0) is 20.6. The van der Waals surface area contributed by atoms with Gasteiger partial charge in [0.1, 0.15) is 5.75 Å². The summed E-state index contributed by atoms with van der Waals surface area (Å²) in [6.45, 7) is 7.94. The third-order valence-electron chi connectivity index (χ3n) is 6.84. The molecule has 0 bridgehead atoms. The second-order valence-electron chi connectivity index (χ2n) is 8.58. The van der Waals surface area contributed by atoms with Crippen LogP contribution in [0.1, 0.15) is 42.5 Å². The fourth-order valence-corrected chi connectivity index (χ4v) is 4.69. The van der Waals surface area contributed by atoms with E-state index in [-0.39, 0.29) is 0 Å². The molecular formula is C23H30N4O3. The van der Waals surface area contributed by atoms with Gasteiger partial charge in [-0.3, -0.25) is 4.90 Å². The summed E-state index contributed by atoms with van der Waals surface area (Å²) in [4.78, 5) is 13.9. The van der Waals surface area contributed by atoms with Gasteiger partial charge in [-0.1, -0.05) is 12.1 Å². The molecule has 2 fully saturated rings. The number of benzene rings is 1. The zero-order valence-electron chi connectivity index (χ0n) is 17.6. The van der Waals surface area contributed by atoms with E-state index in [0.717, 1.165) is 56.5 Å². The number of rotatable bonds is 4. The summed E-state index contributed by atoms with van der Waals surface area (Å²) in [5.41, 5.74) is 2.57. The van der Waals surface area contributed by atoms with Crippen LogP contribution in [0.4, 0.5) is 5.95 Å². The first kappa shape index (κ1) is 19.7. The van der Waals surface area contributed by atoms with Gasteiger partial charge in [0.05, 0.1) is 12.2 Å². The van der Waals surface area contributed by atoms with Gasteiger partial charge in [-0.05, 0) is 24.1 Å². The minimum absolute atomic E-state index is 0.354. The zero-order valence-corrected chi connectivity index (χ0v) is 17.6. The molecule has 7 nitrogen and oxygen atoms in total. The van der Waals surface area contributed by atoms with E-state index in [0.29, 0.717) is 32.1 Å². The van der Waals surface area contributed by atoms with Crippen molar-refractivity contribution < 1.29 is 14.6 Å². The number of piperazine rings is 1. The molecule has 1 aromatic carbocycles. The van der Waals surface area contributed by atoms with Crippen molar-refractivity contribution >= 4 is 5.95 Å². The number of fused-ring (bicyclic) bond motifs is 1. The van der Waals surface area contributed by atoms with E-state index in [9.17, 15) is 5.11 Å². The van der Waals surface area contributed by atoms with E-state index in [1.807, 2.05) is 0 Å². The lowest BCUT2D eigenvalue weighted by Crippen LogP contribution is -2.47. The number of aromatic nitrogens is 2. The molecular weight excluding hydrogens is 380 g/mol. The Balaban J connectivity index is 1.20. The first-order chi connectivity index (χ1) is 14.6. The normalized spacial score (nSPS) is 22.4. The number of aliphatic hydroxyl groups is 1. The van der Waals surface area contributed by atoms with Gasteiger partial charge in [0.2, 0.25) is 5.95 Å². The first-order valence-electron chi connectivity index (χ1n) is 11.0. The van der Waals surface area contributed by atoms with Crippen LogP contribution in [0.25, 0.3) is 0 Å². The lowest BCUT2D eigenvalue weighted by atomic mass is 9.88. The van der Waals surface area contributed by atoms with Crippen molar-refractivity contribution in [3.63, 3.8) is 0 Å². The summed E-state index contributed by atoms with van der Waals surface area (Å²) in [5.74, 6) is 1.80. The standard InChI is InChI=1S/C23H30N4O3/c1-17(19-3-2-18-4-11-30-21(18)14-19)26-7-9-27(10-8-26)22-24-15-20(16-25-22)23(28)5-12-29-13-6-23/h2-3,14-17,28H,4-13H2,1H3. The van der Waals surface area contributed by atoms with Gasteiger partial charge in [0.15, 0.2) is 0 Å². The summed E-state index contributed by atoms with van der Waals surface area (Å²) < 4.78 is 11.1. The summed E-state index contributed by atoms with van der Waals surface area (Å²) in [5, 5.41) is 10.8. The molecule has 4 heterocycles. The highest BCUT2D eigenvalue weighted by molar-refractivity contribution is 5.41. The van der Waals surface area contributed by atoms with Crippen LogP contribution >= 0.6 is 0 Å². The van der Waals surface area contributed by atoms with Crippen LogP contribution in [0, 0.1) is 0 Å². The largest absolute Gasteiger partial charge is 0.493 e. The average molecular weight is 411 g/mol. The van der Waals surface area contributed by atoms with Crippen molar-refractivity contribution in [2.24, 2.45) is 0 Å². The van der Waals surface area contributed by atoms with E-state index in [1.54, 1.807) is 12.4 Å². The summed E-state index contributed by atoms with van der Waals surface area (Å²) in [6, 6.07) is 7.02. The highest BCUT2D eigenvalue weighted by Crippen LogP contribution is 2.32. The van der Waals surface area contributed by atoms with Gasteiger partial charge < -0.3 is 19.5 Å². The van der Waals surface area contributed by atoms with Gasteiger partial charge in [0, 0.05) is 82.7 Å². The van der Waals surface area contributed by atoms with Crippen LogP contribution in [-0.2, 0) is 16.8 Å². The maximum atomic E-state index is 10.8. The van der Waals surface area contributed by atoms with E-state index in [1.165, 1.54) is 11.1 Å². The molecule has 7 heteroatoms. The maximum Gasteiger partial charge on any atom is 0.225 e. The number of ether oxygens (including phenoxy) is 2. The fourth-order valence-electron chi connectivity index (χ4n) is 4.69. The number of anilines is 1. The van der Waals surface area contributed by atoms with Crippen molar-refractivity contribution in [1.29, 1.82) is 0 Å². The Morgan fingerprint density at radius 3 is 2.50 bits per heavy atom. The van der Waals surface area contributed by atoms with E-state index >= 15 is 0 Å². The van der Waals surface area contributed by atoms with Crippen LogP contribution in [0.3, 0.4) is 0 Å². The molecule has 0 radical (unpaired) electrons. The van der Waals surface area contributed by atoms with Crippen molar-refractivity contribution in [1.82, 2.24) is 14.9 Å².